The molecule has 0 aliphatic heterocycles. The average molecular weight is 770 g/mol. The zero-order chi connectivity index (χ0) is 40.1. The van der Waals surface area contributed by atoms with Crippen molar-refractivity contribution in [1.29, 1.82) is 0 Å². The monoisotopic (exact) mass is 769 g/mol. The zero-order valence-corrected chi connectivity index (χ0v) is 34.1. The summed E-state index contributed by atoms with van der Waals surface area (Å²) in [6.45, 7) is 6.46. The Kier molecular flexibility index (Phi) is 7.71. The molecule has 3 nitrogen and oxygen atoms in total. The molecule has 286 valence electrons. The predicted octanol–water partition coefficient (Wildman–Crippen LogP) is 14.9. The third-order valence-electron chi connectivity index (χ3n) is 13.0. The van der Waals surface area contributed by atoms with Crippen molar-refractivity contribution < 1.29 is 0 Å². The van der Waals surface area contributed by atoms with Gasteiger partial charge in [0.05, 0.1) is 27.6 Å². The summed E-state index contributed by atoms with van der Waals surface area (Å²) >= 11 is 0. The molecule has 0 unspecified atom stereocenters. The fourth-order valence-corrected chi connectivity index (χ4v) is 9.94. The molecule has 60 heavy (non-hydrogen) atoms. The highest BCUT2D eigenvalue weighted by Gasteiger charge is 2.24. The van der Waals surface area contributed by atoms with Crippen molar-refractivity contribution >= 4 is 66.2 Å². The summed E-state index contributed by atoms with van der Waals surface area (Å²) in [4.78, 5) is 0. The van der Waals surface area contributed by atoms with Crippen molar-refractivity contribution in [3.8, 4) is 28.2 Å². The van der Waals surface area contributed by atoms with E-state index in [0.717, 1.165) is 12.8 Å². The van der Waals surface area contributed by atoms with E-state index in [4.69, 9.17) is 0 Å². The Bertz CT molecular complexity index is 3530. The van der Waals surface area contributed by atoms with E-state index in [9.17, 15) is 0 Å². The lowest BCUT2D eigenvalue weighted by Gasteiger charge is -2.18. The zero-order valence-electron chi connectivity index (χ0n) is 34.1. The average Bonchev–Trinajstić information content (AvgIpc) is 3.92. The molecule has 11 aromatic rings. The molecule has 0 N–H and O–H groups in total. The van der Waals surface area contributed by atoms with E-state index in [1.807, 2.05) is 0 Å². The Morgan fingerprint density at radius 2 is 0.733 bits per heavy atom. The second-order valence-electron chi connectivity index (χ2n) is 16.8. The minimum absolute atomic E-state index is 0.965. The predicted molar refractivity (Wildman–Crippen MR) is 254 cm³/mol. The summed E-state index contributed by atoms with van der Waals surface area (Å²) in [5.41, 5.74) is 21.4. The van der Waals surface area contributed by atoms with Crippen molar-refractivity contribution in [1.82, 2.24) is 13.7 Å². The van der Waals surface area contributed by atoms with Crippen LogP contribution in [0.25, 0.3) is 94.4 Å². The summed E-state index contributed by atoms with van der Waals surface area (Å²) in [6.07, 6.45) is 4.44. The summed E-state index contributed by atoms with van der Waals surface area (Å²) in [7, 11) is 0. The van der Waals surface area contributed by atoms with Gasteiger partial charge in [-0.1, -0.05) is 108 Å². The Morgan fingerprint density at radius 1 is 0.333 bits per heavy atom. The van der Waals surface area contributed by atoms with Crippen LogP contribution in [0.5, 0.6) is 0 Å². The van der Waals surface area contributed by atoms with E-state index in [1.165, 1.54) is 122 Å². The topological polar surface area (TPSA) is 14.8 Å². The molecule has 3 aromatic heterocycles. The van der Waals surface area contributed by atoms with Crippen LogP contribution in [-0.4, -0.2) is 13.7 Å². The number of allylic oxidation sites excluding steroid dienone is 1. The number of benzene rings is 8. The van der Waals surface area contributed by atoms with Crippen molar-refractivity contribution in [3.05, 3.63) is 209 Å². The number of rotatable bonds is 5. The van der Waals surface area contributed by atoms with E-state index in [1.54, 1.807) is 0 Å². The first-order valence-electron chi connectivity index (χ1n) is 21.1. The fraction of sp³-hybridized carbons (Fsp3) is 0.0877. The number of para-hydroxylation sites is 2. The molecule has 0 amide bonds. The SMILES string of the molecule is Cc1ccc(-n2c3c(c4cc(-c5ccc6c(c5)c5ccccc5n6-c5ccc(C)cc5)ccc42)C=C(c2ccc4c(c2)c2ccccc2n4-c2ccc(C)cc2)CC3)cc1. The van der Waals surface area contributed by atoms with Gasteiger partial charge in [0.25, 0.3) is 0 Å². The maximum atomic E-state index is 2.51. The molecule has 12 rings (SSSR count). The maximum absolute atomic E-state index is 2.51. The summed E-state index contributed by atoms with van der Waals surface area (Å²) in [6, 6.07) is 65.6. The Morgan fingerprint density at radius 3 is 1.25 bits per heavy atom. The Balaban J connectivity index is 1.03. The third-order valence-corrected chi connectivity index (χ3v) is 13.0. The van der Waals surface area contributed by atoms with Gasteiger partial charge in [-0.25, -0.2) is 0 Å². The van der Waals surface area contributed by atoms with Crippen LogP contribution in [-0.2, 0) is 6.42 Å². The van der Waals surface area contributed by atoms with Crippen LogP contribution in [0.2, 0.25) is 0 Å². The van der Waals surface area contributed by atoms with Crippen LogP contribution in [0.15, 0.2) is 176 Å². The van der Waals surface area contributed by atoms with Gasteiger partial charge < -0.3 is 13.7 Å². The van der Waals surface area contributed by atoms with E-state index in [0.29, 0.717) is 0 Å². The van der Waals surface area contributed by atoms with Gasteiger partial charge in [-0.15, -0.1) is 0 Å². The molecule has 3 heteroatoms. The van der Waals surface area contributed by atoms with Gasteiger partial charge in [0.2, 0.25) is 0 Å². The number of hydrogen-bond donors (Lipinski definition) is 0. The summed E-state index contributed by atoms with van der Waals surface area (Å²) in [5.74, 6) is 0. The molecule has 3 heterocycles. The number of fused-ring (bicyclic) bond motifs is 9. The van der Waals surface area contributed by atoms with Gasteiger partial charge in [0.1, 0.15) is 0 Å². The first-order chi connectivity index (χ1) is 29.5. The molecule has 0 saturated heterocycles. The molecule has 0 bridgehead atoms. The van der Waals surface area contributed by atoms with E-state index in [2.05, 4.69) is 216 Å². The lowest BCUT2D eigenvalue weighted by Crippen LogP contribution is -2.05. The maximum Gasteiger partial charge on any atom is 0.0541 e. The fourth-order valence-electron chi connectivity index (χ4n) is 9.94. The minimum Gasteiger partial charge on any atom is -0.313 e. The van der Waals surface area contributed by atoms with Gasteiger partial charge in [-0.2, -0.15) is 0 Å². The van der Waals surface area contributed by atoms with Gasteiger partial charge in [0, 0.05) is 55.3 Å². The van der Waals surface area contributed by atoms with Crippen molar-refractivity contribution in [2.75, 3.05) is 0 Å². The minimum atomic E-state index is 0.965. The van der Waals surface area contributed by atoms with Gasteiger partial charge in [-0.3, -0.25) is 0 Å². The number of hydrogen-bond acceptors (Lipinski definition) is 0. The second kappa shape index (κ2) is 13.3. The quantitative estimate of drug-likeness (QED) is 0.166. The van der Waals surface area contributed by atoms with Crippen molar-refractivity contribution in [2.24, 2.45) is 0 Å². The highest BCUT2D eigenvalue weighted by atomic mass is 15.0. The largest absolute Gasteiger partial charge is 0.313 e. The van der Waals surface area contributed by atoms with E-state index in [-0.39, 0.29) is 0 Å². The van der Waals surface area contributed by atoms with Crippen molar-refractivity contribution in [2.45, 2.75) is 33.6 Å². The Hall–Kier alpha value is -7.36. The lowest BCUT2D eigenvalue weighted by molar-refractivity contribution is 0.898. The molecular weight excluding hydrogens is 727 g/mol. The molecule has 0 atom stereocenters. The Labute approximate surface area is 349 Å². The highest BCUT2D eigenvalue weighted by molar-refractivity contribution is 6.12. The highest BCUT2D eigenvalue weighted by Crippen LogP contribution is 2.43. The number of nitrogens with zero attached hydrogens (tertiary/aromatic N) is 3. The van der Waals surface area contributed by atoms with Crippen LogP contribution in [0.4, 0.5) is 0 Å². The second-order valence-corrected chi connectivity index (χ2v) is 16.8. The van der Waals surface area contributed by atoms with Crippen LogP contribution in [0, 0.1) is 20.8 Å². The molecule has 1 aliphatic rings. The van der Waals surface area contributed by atoms with Crippen LogP contribution < -0.4 is 0 Å². The first kappa shape index (κ1) is 34.7. The molecular formula is C57H43N3. The molecule has 1 aliphatic carbocycles. The molecule has 0 radical (unpaired) electrons. The molecule has 0 spiro atoms. The van der Waals surface area contributed by atoms with Crippen LogP contribution in [0.1, 0.15) is 39.9 Å². The normalized spacial score (nSPS) is 12.9. The summed E-state index contributed by atoms with van der Waals surface area (Å²) in [5, 5.41) is 6.40. The first-order valence-corrected chi connectivity index (χ1v) is 21.1. The molecule has 0 fully saturated rings. The number of aryl methyl sites for hydroxylation is 3. The number of aromatic nitrogens is 3. The van der Waals surface area contributed by atoms with E-state index < -0.39 is 0 Å². The van der Waals surface area contributed by atoms with Crippen LogP contribution >= 0.6 is 0 Å². The standard InChI is InChI=1S/C57H43N3/c1-36-12-22-43(23-13-36)58-52-10-6-4-8-46(52)48-32-39(18-28-54(48)58)41-20-30-56-50(34-41)51-35-42(21-31-57(51)60(56)45-26-16-38(3)17-27-45)40-19-29-55-49(33-40)47-9-5-7-11-53(47)59(55)44-24-14-37(2)15-25-44/h4-20,22-30,32-35H,21,31H2,1-3H3. The van der Waals surface area contributed by atoms with Gasteiger partial charge >= 0.3 is 0 Å². The smallest absolute Gasteiger partial charge is 0.0541 e. The van der Waals surface area contributed by atoms with Crippen LogP contribution in [0.3, 0.4) is 0 Å². The van der Waals surface area contributed by atoms with Crippen molar-refractivity contribution in [3.63, 3.8) is 0 Å². The van der Waals surface area contributed by atoms with E-state index >= 15 is 0 Å². The lowest BCUT2D eigenvalue weighted by atomic mass is 9.90. The molecule has 8 aromatic carbocycles. The summed E-state index contributed by atoms with van der Waals surface area (Å²) < 4.78 is 7.33. The van der Waals surface area contributed by atoms with Gasteiger partial charge in [-0.05, 0) is 147 Å². The van der Waals surface area contributed by atoms with Gasteiger partial charge in [0.15, 0.2) is 0 Å². The third kappa shape index (κ3) is 5.36. The molecule has 0 saturated carbocycles.